The summed E-state index contributed by atoms with van der Waals surface area (Å²) in [6.07, 6.45) is 13.1. The maximum atomic E-state index is 13.2. The molecule has 1 aromatic carbocycles. The molecule has 0 bridgehead atoms. The van der Waals surface area contributed by atoms with E-state index in [9.17, 15) is 8.42 Å². The molecule has 1 aliphatic rings. The van der Waals surface area contributed by atoms with E-state index < -0.39 is 10.0 Å². The maximum absolute atomic E-state index is 13.2. The Balaban J connectivity index is 1.51. The number of nitrogens with one attached hydrogen (secondary N) is 2. The molecule has 188 valence electrons. The molecule has 0 spiro atoms. The molecule has 0 amide bonds. The second-order valence-electron chi connectivity index (χ2n) is 8.53. The van der Waals surface area contributed by atoms with Crippen LogP contribution in [0.15, 0.2) is 64.7 Å². The summed E-state index contributed by atoms with van der Waals surface area (Å²) in [4.78, 5) is 14.5. The van der Waals surface area contributed by atoms with Gasteiger partial charge in [0.15, 0.2) is 6.19 Å². The second-order valence-corrected chi connectivity index (χ2v) is 10.4. The Morgan fingerprint density at radius 1 is 1.09 bits per heavy atom. The number of aliphatic imine (C=N–C) groups is 1. The van der Waals surface area contributed by atoms with Crippen molar-refractivity contribution in [2.24, 2.45) is 10.9 Å². The first-order chi connectivity index (χ1) is 17.1. The zero-order valence-corrected chi connectivity index (χ0v) is 20.8. The number of pyridine rings is 1. The smallest absolute Gasteiger partial charge is 0.265 e. The van der Waals surface area contributed by atoms with Gasteiger partial charge in [-0.25, -0.2) is 8.42 Å². The van der Waals surface area contributed by atoms with Gasteiger partial charge in [-0.05, 0) is 55.9 Å². The van der Waals surface area contributed by atoms with E-state index in [0.29, 0.717) is 31.4 Å². The molecule has 9 nitrogen and oxygen atoms in total. The molecule has 0 radical (unpaired) electrons. The summed E-state index contributed by atoms with van der Waals surface area (Å²) < 4.78 is 27.5. The number of guanidine groups is 1. The second kappa shape index (κ2) is 14.4. The summed E-state index contributed by atoms with van der Waals surface area (Å²) in [5.74, 6) is 0.772. The number of unbranched alkanes of at least 4 members (excludes halogenated alkanes) is 2. The van der Waals surface area contributed by atoms with E-state index in [2.05, 4.69) is 20.6 Å². The van der Waals surface area contributed by atoms with Crippen LogP contribution in [0.1, 0.15) is 51.4 Å². The number of nitrogens with zero attached hydrogens (tertiary/aromatic N) is 4. The highest BCUT2D eigenvalue weighted by Crippen LogP contribution is 2.25. The van der Waals surface area contributed by atoms with Crippen molar-refractivity contribution < 1.29 is 13.3 Å². The topological polar surface area (TPSA) is 120 Å². The quantitative estimate of drug-likeness (QED) is 0.112. The highest BCUT2D eigenvalue weighted by atomic mass is 32.2. The van der Waals surface area contributed by atoms with Crippen molar-refractivity contribution in [1.29, 1.82) is 5.26 Å². The lowest BCUT2D eigenvalue weighted by Crippen LogP contribution is -2.34. The minimum absolute atomic E-state index is 0.239. The molecule has 1 heterocycles. The minimum Gasteiger partial charge on any atom is -0.325 e. The zero-order valence-electron chi connectivity index (χ0n) is 20.0. The van der Waals surface area contributed by atoms with Crippen LogP contribution in [0.5, 0.6) is 0 Å². The van der Waals surface area contributed by atoms with Crippen LogP contribution in [-0.4, -0.2) is 43.5 Å². The predicted octanol–water partition coefficient (Wildman–Crippen LogP) is 4.29. The number of anilines is 1. The molecule has 2 N–H and O–H groups in total. The Labute approximate surface area is 208 Å². The van der Waals surface area contributed by atoms with Gasteiger partial charge in [0.05, 0.1) is 11.5 Å². The molecule has 10 heteroatoms. The molecule has 35 heavy (non-hydrogen) atoms. The molecule has 1 aliphatic carbocycles. The molecule has 0 unspecified atom stereocenters. The Morgan fingerprint density at radius 2 is 1.83 bits per heavy atom. The van der Waals surface area contributed by atoms with E-state index in [1.807, 2.05) is 6.19 Å². The Hall–Kier alpha value is -3.00. The monoisotopic (exact) mass is 498 g/mol. The number of aromatic nitrogens is 1. The van der Waals surface area contributed by atoms with E-state index in [-0.39, 0.29) is 11.4 Å². The van der Waals surface area contributed by atoms with Gasteiger partial charge in [-0.3, -0.25) is 20.1 Å². The average molecular weight is 499 g/mol. The molecular weight excluding hydrogens is 464 g/mol. The van der Waals surface area contributed by atoms with Crippen LogP contribution in [0.2, 0.25) is 0 Å². The Morgan fingerprint density at radius 3 is 2.54 bits per heavy atom. The molecule has 0 aliphatic heterocycles. The van der Waals surface area contributed by atoms with Crippen molar-refractivity contribution in [3.63, 3.8) is 0 Å². The normalized spacial score (nSPS) is 15.0. The fourth-order valence-corrected chi connectivity index (χ4v) is 5.27. The van der Waals surface area contributed by atoms with Gasteiger partial charge in [-0.1, -0.05) is 48.4 Å². The highest BCUT2D eigenvalue weighted by Gasteiger charge is 2.26. The fourth-order valence-electron chi connectivity index (χ4n) is 3.96. The van der Waals surface area contributed by atoms with E-state index in [0.717, 1.165) is 31.4 Å². The summed E-state index contributed by atoms with van der Waals surface area (Å²) in [6, 6.07) is 12.0. The van der Waals surface area contributed by atoms with Crippen molar-refractivity contribution in [3.05, 3.63) is 54.9 Å². The van der Waals surface area contributed by atoms with E-state index >= 15 is 0 Å². The molecule has 1 aromatic heterocycles. The van der Waals surface area contributed by atoms with Crippen LogP contribution in [0.3, 0.4) is 0 Å². The number of hydroxylamine groups is 1. The summed E-state index contributed by atoms with van der Waals surface area (Å²) >= 11 is 0. The maximum Gasteiger partial charge on any atom is 0.265 e. The van der Waals surface area contributed by atoms with Crippen LogP contribution >= 0.6 is 0 Å². The third kappa shape index (κ3) is 8.94. The Bertz CT molecular complexity index is 1050. The number of benzene rings is 1. The lowest BCUT2D eigenvalue weighted by atomic mass is 9.90. The number of sulfonamides is 1. The van der Waals surface area contributed by atoms with Crippen LogP contribution in [-0.2, 0) is 14.9 Å². The standard InChI is InChI=1S/C25H34N6O3S/c26-21-29-25(30-23-14-17-27-18-15-23)28-16-8-3-9-19-31(34-20-22-10-4-1-5-11-22)35(32,33)24-12-6-2-7-13-24/h2,6-7,12-15,17-18,22H,1,3-5,8-11,16,19-20H2,(H2,27,28,29,30). The summed E-state index contributed by atoms with van der Waals surface area (Å²) in [5.41, 5.74) is 0.776. The van der Waals surface area contributed by atoms with Crippen LogP contribution < -0.4 is 10.6 Å². The van der Waals surface area contributed by atoms with Gasteiger partial charge < -0.3 is 5.32 Å². The van der Waals surface area contributed by atoms with Crippen molar-refractivity contribution in [2.45, 2.75) is 56.3 Å². The van der Waals surface area contributed by atoms with Gasteiger partial charge in [0.25, 0.3) is 10.0 Å². The van der Waals surface area contributed by atoms with Gasteiger partial charge in [-0.15, -0.1) is 0 Å². The lowest BCUT2D eigenvalue weighted by Gasteiger charge is -2.26. The van der Waals surface area contributed by atoms with Gasteiger partial charge in [-0.2, -0.15) is 5.26 Å². The molecule has 3 rings (SSSR count). The van der Waals surface area contributed by atoms with Crippen LogP contribution in [0, 0.1) is 17.4 Å². The van der Waals surface area contributed by atoms with Crippen molar-refractivity contribution in [1.82, 2.24) is 14.8 Å². The SMILES string of the molecule is N#CNC(=NCCCCCN(OCC1CCCCC1)S(=O)(=O)c1ccccc1)Nc1ccncc1. The molecular formula is C25H34N6O3S. The number of hydrogen-bond donors (Lipinski definition) is 2. The minimum atomic E-state index is -3.73. The third-order valence-corrected chi connectivity index (χ3v) is 7.57. The molecule has 1 fully saturated rings. The zero-order chi connectivity index (χ0) is 24.8. The number of hydrogen-bond acceptors (Lipinski definition) is 6. The summed E-state index contributed by atoms with van der Waals surface area (Å²) in [7, 11) is -3.73. The average Bonchev–Trinajstić information content (AvgIpc) is 2.89. The van der Waals surface area contributed by atoms with E-state index in [1.54, 1.807) is 54.9 Å². The van der Waals surface area contributed by atoms with Crippen molar-refractivity contribution >= 4 is 21.7 Å². The molecule has 2 aromatic rings. The number of nitriles is 1. The number of rotatable bonds is 12. The van der Waals surface area contributed by atoms with Gasteiger partial charge in [0.2, 0.25) is 5.96 Å². The lowest BCUT2D eigenvalue weighted by molar-refractivity contribution is -0.103. The van der Waals surface area contributed by atoms with E-state index in [4.69, 9.17) is 10.1 Å². The van der Waals surface area contributed by atoms with Gasteiger partial charge in [0.1, 0.15) is 0 Å². The Kier molecular flexibility index (Phi) is 11.0. The first kappa shape index (κ1) is 26.6. The van der Waals surface area contributed by atoms with Crippen LogP contribution in [0.4, 0.5) is 5.69 Å². The highest BCUT2D eigenvalue weighted by molar-refractivity contribution is 7.89. The van der Waals surface area contributed by atoms with Gasteiger partial charge >= 0.3 is 0 Å². The largest absolute Gasteiger partial charge is 0.325 e. The van der Waals surface area contributed by atoms with Crippen LogP contribution in [0.25, 0.3) is 0 Å². The fraction of sp³-hybridized carbons (Fsp3) is 0.480. The molecule has 0 atom stereocenters. The molecule has 0 saturated heterocycles. The van der Waals surface area contributed by atoms with E-state index in [1.165, 1.54) is 23.7 Å². The summed E-state index contributed by atoms with van der Waals surface area (Å²) in [5, 5.41) is 14.5. The van der Waals surface area contributed by atoms with Crippen molar-refractivity contribution in [2.75, 3.05) is 25.0 Å². The first-order valence-corrected chi connectivity index (χ1v) is 13.6. The third-order valence-electron chi connectivity index (χ3n) is 5.87. The molecule has 1 saturated carbocycles. The van der Waals surface area contributed by atoms with Gasteiger partial charge in [0, 0.05) is 31.2 Å². The summed E-state index contributed by atoms with van der Waals surface area (Å²) in [6.45, 7) is 1.21. The predicted molar refractivity (Wildman–Crippen MR) is 136 cm³/mol. The first-order valence-electron chi connectivity index (χ1n) is 12.2. The van der Waals surface area contributed by atoms with Crippen molar-refractivity contribution in [3.8, 4) is 6.19 Å².